The van der Waals surface area contributed by atoms with Crippen LogP contribution in [0, 0.1) is 13.8 Å². The van der Waals surface area contributed by atoms with Gasteiger partial charge in [0.05, 0.1) is 7.11 Å². The average Bonchev–Trinajstić information content (AvgIpc) is 2.40. The van der Waals surface area contributed by atoms with Crippen molar-refractivity contribution in [1.82, 2.24) is 10.2 Å². The molecule has 0 fully saturated rings. The van der Waals surface area contributed by atoms with Gasteiger partial charge < -0.3 is 10.1 Å². The van der Waals surface area contributed by atoms with E-state index in [0.29, 0.717) is 11.0 Å². The van der Waals surface area contributed by atoms with E-state index < -0.39 is 0 Å². The first kappa shape index (κ1) is 12.6. The summed E-state index contributed by atoms with van der Waals surface area (Å²) in [6.45, 7) is 3.88. The Morgan fingerprint density at radius 2 is 1.72 bits per heavy atom. The Bertz CT molecular complexity index is 555. The zero-order valence-corrected chi connectivity index (χ0v) is 11.2. The van der Waals surface area contributed by atoms with E-state index in [-0.39, 0.29) is 0 Å². The van der Waals surface area contributed by atoms with Crippen LogP contribution >= 0.6 is 11.6 Å². The van der Waals surface area contributed by atoms with Gasteiger partial charge in [0.15, 0.2) is 11.0 Å². The average molecular weight is 264 g/mol. The number of nitrogens with zero attached hydrogens (tertiary/aromatic N) is 2. The summed E-state index contributed by atoms with van der Waals surface area (Å²) < 4.78 is 5.10. The first-order chi connectivity index (χ1) is 8.61. The van der Waals surface area contributed by atoms with Gasteiger partial charge in [-0.3, -0.25) is 0 Å². The number of hydrogen-bond donors (Lipinski definition) is 1. The van der Waals surface area contributed by atoms with Crippen molar-refractivity contribution in [3.05, 3.63) is 40.5 Å². The van der Waals surface area contributed by atoms with Crippen LogP contribution in [0.3, 0.4) is 0 Å². The minimum absolute atomic E-state index is 0.438. The molecule has 4 nitrogen and oxygen atoms in total. The fourth-order valence-electron chi connectivity index (χ4n) is 1.51. The van der Waals surface area contributed by atoms with Crippen molar-refractivity contribution in [1.29, 1.82) is 0 Å². The lowest BCUT2D eigenvalue weighted by atomic mass is 10.2. The quantitative estimate of drug-likeness (QED) is 0.921. The van der Waals surface area contributed by atoms with Crippen LogP contribution in [0.1, 0.15) is 11.1 Å². The third-order valence-corrected chi connectivity index (χ3v) is 3.18. The van der Waals surface area contributed by atoms with E-state index >= 15 is 0 Å². The lowest BCUT2D eigenvalue weighted by Crippen LogP contribution is -2.01. The van der Waals surface area contributed by atoms with Gasteiger partial charge in [0.2, 0.25) is 0 Å². The number of methoxy groups -OCH3 is 1. The highest BCUT2D eigenvalue weighted by atomic mass is 35.5. The maximum absolute atomic E-state index is 5.91. The maximum atomic E-state index is 5.91. The molecule has 1 N–H and O–H groups in total. The van der Waals surface area contributed by atoms with Crippen molar-refractivity contribution in [2.45, 2.75) is 13.8 Å². The Balaban J connectivity index is 2.25. The van der Waals surface area contributed by atoms with E-state index in [1.54, 1.807) is 7.11 Å². The number of halogens is 1. The molecule has 18 heavy (non-hydrogen) atoms. The molecule has 0 amide bonds. The van der Waals surface area contributed by atoms with E-state index in [2.05, 4.69) is 15.5 Å². The second-order valence-corrected chi connectivity index (χ2v) is 4.30. The molecule has 94 valence electrons. The molecular formula is C13H14ClN3O. The molecule has 5 heteroatoms. The van der Waals surface area contributed by atoms with Crippen LogP contribution in [0.15, 0.2) is 24.3 Å². The number of anilines is 2. The molecule has 0 aliphatic carbocycles. The molecule has 1 aromatic carbocycles. The van der Waals surface area contributed by atoms with Gasteiger partial charge in [0.1, 0.15) is 5.75 Å². The van der Waals surface area contributed by atoms with Crippen LogP contribution in [-0.4, -0.2) is 17.3 Å². The fourth-order valence-corrected chi connectivity index (χ4v) is 1.69. The summed E-state index contributed by atoms with van der Waals surface area (Å²) in [5, 5.41) is 11.6. The van der Waals surface area contributed by atoms with Crippen LogP contribution in [-0.2, 0) is 0 Å². The minimum atomic E-state index is 0.438. The Kier molecular flexibility index (Phi) is 3.67. The second kappa shape index (κ2) is 5.23. The summed E-state index contributed by atoms with van der Waals surface area (Å²) in [5.74, 6) is 1.53. The highest BCUT2D eigenvalue weighted by molar-refractivity contribution is 6.30. The largest absolute Gasteiger partial charge is 0.497 e. The first-order valence-corrected chi connectivity index (χ1v) is 5.90. The smallest absolute Gasteiger partial charge is 0.156 e. The van der Waals surface area contributed by atoms with Crippen LogP contribution in [0.25, 0.3) is 0 Å². The Labute approximate surface area is 111 Å². The molecule has 0 spiro atoms. The van der Waals surface area contributed by atoms with Crippen molar-refractivity contribution in [2.75, 3.05) is 12.4 Å². The minimum Gasteiger partial charge on any atom is -0.497 e. The van der Waals surface area contributed by atoms with E-state index in [1.165, 1.54) is 0 Å². The van der Waals surface area contributed by atoms with E-state index in [1.807, 2.05) is 38.1 Å². The molecule has 1 heterocycles. The third kappa shape index (κ3) is 2.54. The molecule has 0 saturated heterocycles. The number of benzene rings is 1. The predicted molar refractivity (Wildman–Crippen MR) is 72.8 cm³/mol. The van der Waals surface area contributed by atoms with Gasteiger partial charge in [-0.25, -0.2) is 0 Å². The van der Waals surface area contributed by atoms with Gasteiger partial charge in [-0.2, -0.15) is 0 Å². The van der Waals surface area contributed by atoms with Crippen molar-refractivity contribution in [3.63, 3.8) is 0 Å². The fraction of sp³-hybridized carbons (Fsp3) is 0.231. The standard InChI is InChI=1S/C13H14ClN3O/c1-8-9(2)13(17-16-12(8)14)15-10-4-6-11(18-3)7-5-10/h4-7H,1-3H3,(H,15,17). The number of nitrogens with one attached hydrogen (secondary N) is 1. The van der Waals surface area contributed by atoms with Gasteiger partial charge in [0, 0.05) is 5.69 Å². The molecule has 0 unspecified atom stereocenters. The zero-order chi connectivity index (χ0) is 13.1. The molecule has 0 bridgehead atoms. The summed E-state index contributed by atoms with van der Waals surface area (Å²) >= 11 is 5.91. The molecule has 0 aliphatic heterocycles. The number of rotatable bonds is 3. The topological polar surface area (TPSA) is 47.0 Å². The molecule has 0 radical (unpaired) electrons. The Hall–Kier alpha value is -1.81. The van der Waals surface area contributed by atoms with Gasteiger partial charge in [-0.05, 0) is 49.2 Å². The molecule has 0 aliphatic rings. The second-order valence-electron chi connectivity index (χ2n) is 3.94. The summed E-state index contributed by atoms with van der Waals surface area (Å²) in [4.78, 5) is 0. The van der Waals surface area contributed by atoms with E-state index in [9.17, 15) is 0 Å². The van der Waals surface area contributed by atoms with Crippen LogP contribution in [0.4, 0.5) is 11.5 Å². The number of ether oxygens (including phenoxy) is 1. The Morgan fingerprint density at radius 1 is 1.06 bits per heavy atom. The van der Waals surface area contributed by atoms with Gasteiger partial charge >= 0.3 is 0 Å². The zero-order valence-electron chi connectivity index (χ0n) is 10.5. The third-order valence-electron chi connectivity index (χ3n) is 2.82. The molecule has 2 aromatic rings. The van der Waals surface area contributed by atoms with Gasteiger partial charge in [-0.1, -0.05) is 11.6 Å². The first-order valence-electron chi connectivity index (χ1n) is 5.52. The van der Waals surface area contributed by atoms with Crippen molar-refractivity contribution < 1.29 is 4.74 Å². The predicted octanol–water partition coefficient (Wildman–Crippen LogP) is 3.50. The number of hydrogen-bond acceptors (Lipinski definition) is 4. The highest BCUT2D eigenvalue weighted by Gasteiger charge is 2.08. The summed E-state index contributed by atoms with van der Waals surface area (Å²) in [7, 11) is 1.64. The molecule has 0 saturated carbocycles. The van der Waals surface area contributed by atoms with Crippen LogP contribution in [0.5, 0.6) is 5.75 Å². The van der Waals surface area contributed by atoms with Gasteiger partial charge in [-0.15, -0.1) is 10.2 Å². The van der Waals surface area contributed by atoms with Gasteiger partial charge in [0.25, 0.3) is 0 Å². The Morgan fingerprint density at radius 3 is 2.33 bits per heavy atom. The normalized spacial score (nSPS) is 10.2. The lowest BCUT2D eigenvalue weighted by Gasteiger charge is -2.10. The molecule has 0 atom stereocenters. The number of aromatic nitrogens is 2. The molecular weight excluding hydrogens is 250 g/mol. The van der Waals surface area contributed by atoms with Crippen LogP contribution < -0.4 is 10.1 Å². The summed E-state index contributed by atoms with van der Waals surface area (Å²) in [6, 6.07) is 7.61. The van der Waals surface area contributed by atoms with Crippen molar-refractivity contribution >= 4 is 23.1 Å². The van der Waals surface area contributed by atoms with Crippen molar-refractivity contribution in [3.8, 4) is 5.75 Å². The summed E-state index contributed by atoms with van der Waals surface area (Å²) in [5.41, 5.74) is 2.85. The van der Waals surface area contributed by atoms with E-state index in [4.69, 9.17) is 16.3 Å². The molecule has 2 rings (SSSR count). The molecule has 1 aromatic heterocycles. The monoisotopic (exact) mass is 263 g/mol. The SMILES string of the molecule is COc1ccc(Nc2nnc(Cl)c(C)c2C)cc1. The maximum Gasteiger partial charge on any atom is 0.156 e. The van der Waals surface area contributed by atoms with Crippen LogP contribution in [0.2, 0.25) is 5.15 Å². The van der Waals surface area contributed by atoms with Crippen molar-refractivity contribution in [2.24, 2.45) is 0 Å². The lowest BCUT2D eigenvalue weighted by molar-refractivity contribution is 0.415. The summed E-state index contributed by atoms with van der Waals surface area (Å²) in [6.07, 6.45) is 0. The highest BCUT2D eigenvalue weighted by Crippen LogP contribution is 2.24. The van der Waals surface area contributed by atoms with E-state index in [0.717, 1.165) is 22.6 Å².